The molecule has 1 aromatic rings. The fourth-order valence-electron chi connectivity index (χ4n) is 3.16. The third-order valence-corrected chi connectivity index (χ3v) is 5.07. The molecule has 0 saturated carbocycles. The molecule has 7 nitrogen and oxygen atoms in total. The molecular weight excluding hydrogens is 368 g/mol. The number of aliphatic carboxylic acids is 1. The summed E-state index contributed by atoms with van der Waals surface area (Å²) in [6.45, 7) is 3.49. The van der Waals surface area contributed by atoms with Gasteiger partial charge in [-0.3, -0.25) is 9.59 Å². The molecule has 27 heavy (non-hydrogen) atoms. The fourth-order valence-corrected chi connectivity index (χ4v) is 3.45. The number of carboxylic acids is 1. The highest BCUT2D eigenvalue weighted by atomic mass is 32.1. The first-order valence-corrected chi connectivity index (χ1v) is 9.46. The number of nitrogens with one attached hydrogen (secondary N) is 1. The molecule has 0 radical (unpaired) electrons. The lowest BCUT2D eigenvalue weighted by atomic mass is 10.0. The molecular formula is C19H26N2O5S. The summed E-state index contributed by atoms with van der Waals surface area (Å²) >= 11 is 4.35. The maximum Gasteiger partial charge on any atom is 0.326 e. The minimum Gasteiger partial charge on any atom is -0.480 e. The zero-order valence-corrected chi connectivity index (χ0v) is 16.3. The SMILES string of the molecule is CC(C)[C@H](NC(=O)[C@@H](S)Cc1ccccc1)C(=O)N1CC(O)C[C@H]1C(=O)O. The van der Waals surface area contributed by atoms with Gasteiger partial charge >= 0.3 is 5.97 Å². The van der Waals surface area contributed by atoms with E-state index in [1.54, 1.807) is 13.8 Å². The van der Waals surface area contributed by atoms with Crippen molar-refractivity contribution in [2.75, 3.05) is 6.54 Å². The first-order valence-electron chi connectivity index (χ1n) is 8.94. The summed E-state index contributed by atoms with van der Waals surface area (Å²) in [6.07, 6.45) is -0.480. The Morgan fingerprint density at radius 2 is 1.89 bits per heavy atom. The van der Waals surface area contributed by atoms with Gasteiger partial charge in [0.1, 0.15) is 12.1 Å². The lowest BCUT2D eigenvalue weighted by Gasteiger charge is -2.30. The van der Waals surface area contributed by atoms with Crippen LogP contribution in [-0.2, 0) is 20.8 Å². The Kier molecular flexibility index (Phi) is 7.26. The van der Waals surface area contributed by atoms with E-state index >= 15 is 0 Å². The maximum atomic E-state index is 12.9. The first-order chi connectivity index (χ1) is 12.7. The van der Waals surface area contributed by atoms with E-state index in [0.29, 0.717) is 6.42 Å². The number of benzene rings is 1. The summed E-state index contributed by atoms with van der Waals surface area (Å²) in [7, 11) is 0. The molecule has 1 saturated heterocycles. The van der Waals surface area contributed by atoms with Crippen molar-refractivity contribution in [3.05, 3.63) is 35.9 Å². The number of β-amino-alcohol motifs (C(OH)–C–C–N with tert-alkyl or cyclic N) is 1. The molecule has 0 bridgehead atoms. The van der Waals surface area contributed by atoms with Gasteiger partial charge in [0.05, 0.1) is 11.4 Å². The predicted octanol–water partition coefficient (Wildman–Crippen LogP) is 0.715. The molecule has 0 aliphatic carbocycles. The summed E-state index contributed by atoms with van der Waals surface area (Å²) < 4.78 is 0. The summed E-state index contributed by atoms with van der Waals surface area (Å²) in [5.74, 6) is -2.29. The van der Waals surface area contributed by atoms with E-state index in [9.17, 15) is 24.6 Å². The molecule has 1 unspecified atom stereocenters. The fraction of sp³-hybridized carbons (Fsp3) is 0.526. The quantitative estimate of drug-likeness (QED) is 0.510. The molecule has 8 heteroatoms. The molecule has 1 aliphatic heterocycles. The van der Waals surface area contributed by atoms with Gasteiger partial charge in [-0.25, -0.2) is 4.79 Å². The standard InChI is InChI=1S/C19H26N2O5S/c1-11(2)16(18(24)21-10-13(22)9-14(21)19(25)26)20-17(23)15(27)8-12-6-4-3-5-7-12/h3-7,11,13-16,22,27H,8-10H2,1-2H3,(H,20,23)(H,25,26)/t13?,14-,15-,16-/m0/s1. The molecule has 1 fully saturated rings. The molecule has 1 heterocycles. The Labute approximate surface area is 164 Å². The number of carboxylic acid groups (broad SMARTS) is 1. The topological polar surface area (TPSA) is 107 Å². The second-order valence-corrected chi connectivity index (χ2v) is 7.79. The largest absolute Gasteiger partial charge is 0.480 e. The van der Waals surface area contributed by atoms with Crippen LogP contribution in [0, 0.1) is 5.92 Å². The number of hydrogen-bond donors (Lipinski definition) is 4. The molecule has 148 valence electrons. The highest BCUT2D eigenvalue weighted by Gasteiger charge is 2.42. The zero-order valence-electron chi connectivity index (χ0n) is 15.4. The van der Waals surface area contributed by atoms with Gasteiger partial charge in [0.2, 0.25) is 11.8 Å². The van der Waals surface area contributed by atoms with Crippen LogP contribution in [0.1, 0.15) is 25.8 Å². The van der Waals surface area contributed by atoms with Crippen molar-refractivity contribution in [1.82, 2.24) is 10.2 Å². The Bertz CT molecular complexity index is 682. The minimum atomic E-state index is -1.16. The zero-order chi connectivity index (χ0) is 20.1. The normalized spacial score (nSPS) is 21.7. The number of aliphatic hydroxyl groups is 1. The van der Waals surface area contributed by atoms with Crippen molar-refractivity contribution in [3.63, 3.8) is 0 Å². The molecule has 1 aliphatic rings. The smallest absolute Gasteiger partial charge is 0.326 e. The van der Waals surface area contributed by atoms with Crippen LogP contribution in [0.2, 0.25) is 0 Å². The van der Waals surface area contributed by atoms with E-state index in [1.807, 2.05) is 30.3 Å². The number of rotatable bonds is 7. The summed E-state index contributed by atoms with van der Waals surface area (Å²) in [5.41, 5.74) is 0.952. The van der Waals surface area contributed by atoms with Gasteiger partial charge in [-0.1, -0.05) is 44.2 Å². The average Bonchev–Trinajstić information content (AvgIpc) is 3.01. The Morgan fingerprint density at radius 1 is 1.26 bits per heavy atom. The molecule has 0 spiro atoms. The minimum absolute atomic E-state index is 0.0109. The first kappa shape index (κ1) is 21.2. The third kappa shape index (κ3) is 5.46. The second-order valence-electron chi connectivity index (χ2n) is 7.17. The summed E-state index contributed by atoms with van der Waals surface area (Å²) in [5, 5.41) is 21.1. The monoisotopic (exact) mass is 394 g/mol. The summed E-state index contributed by atoms with van der Waals surface area (Å²) in [6, 6.07) is 7.46. The van der Waals surface area contributed by atoms with Gasteiger partial charge in [0, 0.05) is 13.0 Å². The van der Waals surface area contributed by atoms with Crippen molar-refractivity contribution >= 4 is 30.4 Å². The van der Waals surface area contributed by atoms with Crippen LogP contribution in [0.4, 0.5) is 0 Å². The van der Waals surface area contributed by atoms with Gasteiger partial charge in [0.15, 0.2) is 0 Å². The lowest BCUT2D eigenvalue weighted by molar-refractivity contribution is -0.149. The third-order valence-electron chi connectivity index (χ3n) is 4.65. The molecule has 4 atom stereocenters. The van der Waals surface area contributed by atoms with Gasteiger partial charge in [-0.2, -0.15) is 12.6 Å². The number of likely N-dealkylation sites (tertiary alicyclic amines) is 1. The van der Waals surface area contributed by atoms with E-state index < -0.39 is 35.3 Å². The van der Waals surface area contributed by atoms with Gasteiger partial charge < -0.3 is 20.4 Å². The van der Waals surface area contributed by atoms with Crippen LogP contribution in [0.5, 0.6) is 0 Å². The number of aliphatic hydroxyl groups excluding tert-OH is 1. The number of thiol groups is 1. The molecule has 2 rings (SSSR count). The lowest BCUT2D eigenvalue weighted by Crippen LogP contribution is -2.55. The van der Waals surface area contributed by atoms with E-state index in [4.69, 9.17) is 0 Å². The number of hydrogen-bond acceptors (Lipinski definition) is 5. The predicted molar refractivity (Wildman–Crippen MR) is 103 cm³/mol. The van der Waals surface area contributed by atoms with Crippen LogP contribution in [0.15, 0.2) is 30.3 Å². The van der Waals surface area contributed by atoms with Gasteiger partial charge in [-0.15, -0.1) is 0 Å². The second kappa shape index (κ2) is 9.23. The molecule has 0 aromatic heterocycles. The van der Waals surface area contributed by atoms with Crippen molar-refractivity contribution in [3.8, 4) is 0 Å². The van der Waals surface area contributed by atoms with Crippen molar-refractivity contribution in [1.29, 1.82) is 0 Å². The molecule has 2 amide bonds. The van der Waals surface area contributed by atoms with Crippen LogP contribution >= 0.6 is 12.6 Å². The van der Waals surface area contributed by atoms with Crippen LogP contribution in [0.25, 0.3) is 0 Å². The van der Waals surface area contributed by atoms with E-state index in [0.717, 1.165) is 10.5 Å². The number of carbonyl (C=O) groups is 3. The summed E-state index contributed by atoms with van der Waals surface area (Å²) in [4.78, 5) is 37.9. The van der Waals surface area contributed by atoms with Crippen LogP contribution in [0.3, 0.4) is 0 Å². The molecule has 3 N–H and O–H groups in total. The van der Waals surface area contributed by atoms with Crippen molar-refractivity contribution in [2.45, 2.75) is 50.1 Å². The van der Waals surface area contributed by atoms with Gasteiger partial charge in [-0.05, 0) is 17.9 Å². The highest BCUT2D eigenvalue weighted by molar-refractivity contribution is 7.81. The number of nitrogens with zero attached hydrogens (tertiary/aromatic N) is 1. The van der Waals surface area contributed by atoms with Crippen LogP contribution < -0.4 is 5.32 Å². The van der Waals surface area contributed by atoms with E-state index in [1.165, 1.54) is 0 Å². The van der Waals surface area contributed by atoms with Gasteiger partial charge in [0.25, 0.3) is 0 Å². The number of amides is 2. The average molecular weight is 394 g/mol. The number of carbonyl (C=O) groups excluding carboxylic acids is 2. The Morgan fingerprint density at radius 3 is 2.44 bits per heavy atom. The van der Waals surface area contributed by atoms with E-state index in [2.05, 4.69) is 17.9 Å². The van der Waals surface area contributed by atoms with Crippen molar-refractivity contribution in [2.24, 2.45) is 5.92 Å². The van der Waals surface area contributed by atoms with Crippen LogP contribution in [-0.4, -0.2) is 62.9 Å². The Hall–Kier alpha value is -2.06. The highest BCUT2D eigenvalue weighted by Crippen LogP contribution is 2.21. The maximum absolute atomic E-state index is 12.9. The molecule has 1 aromatic carbocycles. The van der Waals surface area contributed by atoms with E-state index in [-0.39, 0.29) is 24.8 Å². The Balaban J connectivity index is 2.06. The van der Waals surface area contributed by atoms with Crippen molar-refractivity contribution < 1.29 is 24.6 Å².